The Hall–Kier alpha value is -1.20. The van der Waals surface area contributed by atoms with Gasteiger partial charge in [0.15, 0.2) is 0 Å². The highest BCUT2D eigenvalue weighted by Crippen LogP contribution is 2.27. The third-order valence-corrected chi connectivity index (χ3v) is 3.04. The second-order valence-corrected chi connectivity index (χ2v) is 4.49. The van der Waals surface area contributed by atoms with Gasteiger partial charge in [0.05, 0.1) is 16.4 Å². The second kappa shape index (κ2) is 4.35. The summed E-state index contributed by atoms with van der Waals surface area (Å²) in [6.45, 7) is 1.90. The molecule has 0 fully saturated rings. The van der Waals surface area contributed by atoms with Crippen molar-refractivity contribution in [1.82, 2.24) is 14.8 Å². The molecule has 0 radical (unpaired) electrons. The highest BCUT2D eigenvalue weighted by atomic mass is 79.9. The van der Waals surface area contributed by atoms with Crippen LogP contribution in [-0.4, -0.2) is 19.9 Å². The molecule has 0 aliphatic heterocycles. The molecule has 0 aromatic carbocycles. The van der Waals surface area contributed by atoms with Crippen molar-refractivity contribution in [3.05, 3.63) is 46.0 Å². The van der Waals surface area contributed by atoms with E-state index in [0.717, 1.165) is 21.4 Å². The lowest BCUT2D eigenvalue weighted by atomic mass is 10.1. The maximum atomic E-state index is 10.2. The molecular formula is C11H12BrN3O. The molecule has 5 heteroatoms. The largest absolute Gasteiger partial charge is 0.382 e. The van der Waals surface area contributed by atoms with Crippen LogP contribution < -0.4 is 0 Å². The Labute approximate surface area is 102 Å². The van der Waals surface area contributed by atoms with E-state index in [1.165, 1.54) is 0 Å². The van der Waals surface area contributed by atoms with Gasteiger partial charge in [-0.15, -0.1) is 0 Å². The lowest BCUT2D eigenvalue weighted by Gasteiger charge is -2.12. The van der Waals surface area contributed by atoms with Gasteiger partial charge in [0.1, 0.15) is 6.10 Å². The first-order valence-electron chi connectivity index (χ1n) is 4.87. The summed E-state index contributed by atoms with van der Waals surface area (Å²) in [5.41, 5.74) is 2.44. The summed E-state index contributed by atoms with van der Waals surface area (Å²) >= 11 is 3.37. The van der Waals surface area contributed by atoms with Crippen molar-refractivity contribution in [2.24, 2.45) is 7.05 Å². The number of pyridine rings is 1. The van der Waals surface area contributed by atoms with E-state index in [4.69, 9.17) is 0 Å². The zero-order chi connectivity index (χ0) is 11.7. The van der Waals surface area contributed by atoms with Gasteiger partial charge >= 0.3 is 0 Å². The molecule has 0 saturated carbocycles. The van der Waals surface area contributed by atoms with Crippen LogP contribution >= 0.6 is 15.9 Å². The van der Waals surface area contributed by atoms with Crippen LogP contribution in [0.15, 0.2) is 29.0 Å². The van der Waals surface area contributed by atoms with Crippen molar-refractivity contribution in [3.63, 3.8) is 0 Å². The molecule has 0 bridgehead atoms. The van der Waals surface area contributed by atoms with E-state index in [2.05, 4.69) is 26.0 Å². The maximum Gasteiger partial charge on any atom is 0.122 e. The molecule has 1 atom stereocenters. The van der Waals surface area contributed by atoms with Gasteiger partial charge < -0.3 is 5.11 Å². The fourth-order valence-corrected chi connectivity index (χ4v) is 2.19. The number of aryl methyl sites for hydroxylation is 2. The Morgan fingerprint density at radius 2 is 2.25 bits per heavy atom. The predicted molar refractivity (Wildman–Crippen MR) is 63.9 cm³/mol. The zero-order valence-electron chi connectivity index (χ0n) is 9.05. The minimum atomic E-state index is -0.691. The average molecular weight is 282 g/mol. The molecule has 0 aliphatic carbocycles. The van der Waals surface area contributed by atoms with Gasteiger partial charge in [0.25, 0.3) is 0 Å². The van der Waals surface area contributed by atoms with Crippen molar-refractivity contribution >= 4 is 15.9 Å². The minimum Gasteiger partial charge on any atom is -0.382 e. The molecule has 0 aliphatic rings. The summed E-state index contributed by atoms with van der Waals surface area (Å²) < 4.78 is 2.46. The second-order valence-electron chi connectivity index (χ2n) is 3.63. The van der Waals surface area contributed by atoms with Gasteiger partial charge in [-0.05, 0) is 40.5 Å². The average Bonchev–Trinajstić information content (AvgIpc) is 2.58. The topological polar surface area (TPSA) is 50.9 Å². The normalized spacial score (nSPS) is 12.8. The molecule has 16 heavy (non-hydrogen) atoms. The number of nitrogens with zero attached hydrogens (tertiary/aromatic N) is 3. The van der Waals surface area contributed by atoms with Gasteiger partial charge in [0, 0.05) is 18.9 Å². The van der Waals surface area contributed by atoms with Crippen molar-refractivity contribution in [2.75, 3.05) is 0 Å². The molecular weight excluding hydrogens is 270 g/mol. The fraction of sp³-hybridized carbons (Fsp3) is 0.273. The first-order chi connectivity index (χ1) is 7.59. The van der Waals surface area contributed by atoms with Crippen molar-refractivity contribution < 1.29 is 5.11 Å². The Balaban J connectivity index is 2.43. The number of hydrogen-bond acceptors (Lipinski definition) is 3. The first kappa shape index (κ1) is 11.3. The van der Waals surface area contributed by atoms with Crippen molar-refractivity contribution in [2.45, 2.75) is 13.0 Å². The molecule has 2 heterocycles. The fourth-order valence-electron chi connectivity index (χ4n) is 1.62. The lowest BCUT2D eigenvalue weighted by Crippen LogP contribution is -2.07. The minimum absolute atomic E-state index is 0.691. The van der Waals surface area contributed by atoms with Crippen LogP contribution in [0.1, 0.15) is 23.1 Å². The number of rotatable bonds is 2. The van der Waals surface area contributed by atoms with Crippen LogP contribution in [0.4, 0.5) is 0 Å². The van der Waals surface area contributed by atoms with Crippen LogP contribution in [-0.2, 0) is 7.05 Å². The van der Waals surface area contributed by atoms with Gasteiger partial charge in [-0.25, -0.2) is 0 Å². The van der Waals surface area contributed by atoms with E-state index >= 15 is 0 Å². The molecule has 2 aromatic heterocycles. The molecule has 0 saturated heterocycles. The van der Waals surface area contributed by atoms with Crippen LogP contribution in [0, 0.1) is 6.92 Å². The van der Waals surface area contributed by atoms with Gasteiger partial charge in [-0.1, -0.05) is 0 Å². The Kier molecular flexibility index (Phi) is 3.07. The van der Waals surface area contributed by atoms with E-state index in [-0.39, 0.29) is 0 Å². The zero-order valence-corrected chi connectivity index (χ0v) is 10.6. The summed E-state index contributed by atoms with van der Waals surface area (Å²) in [4.78, 5) is 4.10. The summed E-state index contributed by atoms with van der Waals surface area (Å²) in [6, 6.07) is 3.67. The highest BCUT2D eigenvalue weighted by molar-refractivity contribution is 9.10. The summed E-state index contributed by atoms with van der Waals surface area (Å²) in [7, 11) is 1.80. The standard InChI is InChI=1S/C11H12BrN3O/c1-7-5-8(3-4-13-7)11(16)10-9(12)6-14-15(10)2/h3-6,11,16H,1-2H3. The van der Waals surface area contributed by atoms with E-state index in [1.54, 1.807) is 30.2 Å². The third-order valence-electron chi connectivity index (χ3n) is 2.43. The smallest absolute Gasteiger partial charge is 0.122 e. The van der Waals surface area contributed by atoms with E-state index in [1.807, 2.05) is 13.0 Å². The van der Waals surface area contributed by atoms with Crippen LogP contribution in [0.2, 0.25) is 0 Å². The Morgan fingerprint density at radius 1 is 1.50 bits per heavy atom. The monoisotopic (exact) mass is 281 g/mol. The molecule has 1 unspecified atom stereocenters. The number of hydrogen-bond donors (Lipinski definition) is 1. The number of aromatic nitrogens is 3. The summed E-state index contributed by atoms with van der Waals surface area (Å²) in [5.74, 6) is 0. The SMILES string of the molecule is Cc1cc(C(O)c2c(Br)cnn2C)ccn1. The number of halogens is 1. The predicted octanol–water partition coefficient (Wildman–Crippen LogP) is 1.97. The highest BCUT2D eigenvalue weighted by Gasteiger charge is 2.18. The molecule has 0 spiro atoms. The van der Waals surface area contributed by atoms with Crippen LogP contribution in [0.3, 0.4) is 0 Å². The molecule has 84 valence electrons. The van der Waals surface area contributed by atoms with Gasteiger partial charge in [0.2, 0.25) is 0 Å². The molecule has 4 nitrogen and oxygen atoms in total. The summed E-state index contributed by atoms with van der Waals surface area (Å²) in [5, 5.41) is 14.3. The van der Waals surface area contributed by atoms with Gasteiger partial charge in [-0.3, -0.25) is 9.67 Å². The van der Waals surface area contributed by atoms with E-state index in [0.29, 0.717) is 0 Å². The molecule has 0 amide bonds. The van der Waals surface area contributed by atoms with Crippen LogP contribution in [0.5, 0.6) is 0 Å². The first-order valence-corrected chi connectivity index (χ1v) is 5.67. The van der Waals surface area contributed by atoms with E-state index < -0.39 is 6.10 Å². The third kappa shape index (κ3) is 2.01. The van der Waals surface area contributed by atoms with Crippen molar-refractivity contribution in [3.8, 4) is 0 Å². The Bertz CT molecular complexity index is 490. The van der Waals surface area contributed by atoms with E-state index in [9.17, 15) is 5.11 Å². The van der Waals surface area contributed by atoms with Crippen molar-refractivity contribution in [1.29, 1.82) is 0 Å². The number of aliphatic hydroxyl groups is 1. The quantitative estimate of drug-likeness (QED) is 0.916. The number of aliphatic hydroxyl groups excluding tert-OH is 1. The Morgan fingerprint density at radius 3 is 2.81 bits per heavy atom. The molecule has 1 N–H and O–H groups in total. The van der Waals surface area contributed by atoms with Crippen LogP contribution in [0.25, 0.3) is 0 Å². The summed E-state index contributed by atoms with van der Waals surface area (Å²) in [6.07, 6.45) is 2.67. The molecule has 2 rings (SSSR count). The maximum absolute atomic E-state index is 10.2. The molecule has 2 aromatic rings. The van der Waals surface area contributed by atoms with Gasteiger partial charge in [-0.2, -0.15) is 5.10 Å². The lowest BCUT2D eigenvalue weighted by molar-refractivity contribution is 0.208.